The average molecular weight is 447 g/mol. The minimum atomic E-state index is -1.25. The second-order valence-corrected chi connectivity index (χ2v) is 7.98. The zero-order valence-corrected chi connectivity index (χ0v) is 17.9. The van der Waals surface area contributed by atoms with Crippen molar-refractivity contribution in [3.63, 3.8) is 0 Å². The van der Waals surface area contributed by atoms with Crippen molar-refractivity contribution in [3.05, 3.63) is 75.9 Å². The van der Waals surface area contributed by atoms with Crippen LogP contribution in [0.5, 0.6) is 11.6 Å². The summed E-state index contributed by atoms with van der Waals surface area (Å²) in [4.78, 5) is 29.1. The Bertz CT molecular complexity index is 1030. The molecule has 6 nitrogen and oxygen atoms in total. The lowest BCUT2D eigenvalue weighted by Gasteiger charge is -2.33. The van der Waals surface area contributed by atoms with E-state index in [1.54, 1.807) is 49.4 Å². The maximum absolute atomic E-state index is 13.0. The van der Waals surface area contributed by atoms with E-state index in [-0.39, 0.29) is 22.9 Å². The molecule has 0 saturated heterocycles. The number of carboxylic acids is 1. The van der Waals surface area contributed by atoms with Crippen molar-refractivity contribution in [1.82, 2.24) is 10.3 Å². The van der Waals surface area contributed by atoms with Gasteiger partial charge in [-0.25, -0.2) is 4.98 Å². The molecule has 2 atom stereocenters. The fourth-order valence-electron chi connectivity index (χ4n) is 3.25. The van der Waals surface area contributed by atoms with Crippen molar-refractivity contribution in [2.24, 2.45) is 5.41 Å². The molecular weight excluding hydrogens is 427 g/mol. The first-order valence-corrected chi connectivity index (χ1v) is 9.96. The van der Waals surface area contributed by atoms with Gasteiger partial charge in [0.15, 0.2) is 0 Å². The molecule has 0 saturated carbocycles. The van der Waals surface area contributed by atoms with Crippen LogP contribution in [-0.4, -0.2) is 28.0 Å². The second-order valence-electron chi connectivity index (χ2n) is 7.10. The van der Waals surface area contributed by atoms with E-state index in [9.17, 15) is 14.7 Å². The Morgan fingerprint density at radius 2 is 1.97 bits per heavy atom. The fraction of sp³-hybridized carbons (Fsp3) is 0.227. The average Bonchev–Trinajstić information content (AvgIpc) is 2.68. The van der Waals surface area contributed by atoms with Crippen molar-refractivity contribution < 1.29 is 19.4 Å². The van der Waals surface area contributed by atoms with Crippen LogP contribution >= 0.6 is 23.2 Å². The van der Waals surface area contributed by atoms with Crippen LogP contribution in [0.1, 0.15) is 29.3 Å². The highest BCUT2D eigenvalue weighted by Crippen LogP contribution is 2.33. The minimum Gasteiger partial charge on any atom is -0.481 e. The molecule has 3 rings (SSSR count). The zero-order valence-electron chi connectivity index (χ0n) is 16.4. The Morgan fingerprint density at radius 3 is 2.60 bits per heavy atom. The first kappa shape index (κ1) is 21.9. The lowest BCUT2D eigenvalue weighted by molar-refractivity contribution is -0.147. The molecule has 1 aromatic heterocycles. The third-order valence-corrected chi connectivity index (χ3v) is 5.33. The van der Waals surface area contributed by atoms with Crippen LogP contribution in [0.3, 0.4) is 0 Å². The molecule has 0 radical (unpaired) electrons. The number of rotatable bonds is 6. The Balaban J connectivity index is 1.88. The molecule has 1 amide bonds. The van der Waals surface area contributed by atoms with Crippen LogP contribution < -0.4 is 10.1 Å². The number of hydrogen-bond donors (Lipinski definition) is 2. The number of ether oxygens (including phenoxy) is 1. The van der Waals surface area contributed by atoms with Crippen molar-refractivity contribution in [2.45, 2.75) is 26.3 Å². The van der Waals surface area contributed by atoms with Gasteiger partial charge in [0.2, 0.25) is 5.88 Å². The molecule has 2 aromatic rings. The number of amides is 1. The normalized spacial score (nSPS) is 18.7. The lowest BCUT2D eigenvalue weighted by Crippen LogP contribution is -2.49. The SMILES string of the molecule is Cc1cc(Cl)cc(Oc2ncc(Cl)cc2C(=O)NC(C)C2(C(=O)O)C=CC=CC2)c1. The molecular formula is C22H20Cl2N2O4. The molecule has 0 spiro atoms. The Labute approximate surface area is 184 Å². The molecule has 1 aliphatic rings. The van der Waals surface area contributed by atoms with Gasteiger partial charge in [-0.1, -0.05) is 47.5 Å². The minimum absolute atomic E-state index is 0.0363. The summed E-state index contributed by atoms with van der Waals surface area (Å²) in [6.45, 7) is 3.51. The van der Waals surface area contributed by atoms with Gasteiger partial charge in [0.05, 0.1) is 5.02 Å². The number of carboxylic acid groups (broad SMARTS) is 1. The Hall–Kier alpha value is -2.83. The summed E-state index contributed by atoms with van der Waals surface area (Å²) in [7, 11) is 0. The van der Waals surface area contributed by atoms with Gasteiger partial charge in [-0.15, -0.1) is 0 Å². The number of aromatic nitrogens is 1. The van der Waals surface area contributed by atoms with Gasteiger partial charge in [0, 0.05) is 17.3 Å². The number of carbonyl (C=O) groups is 2. The molecule has 8 heteroatoms. The molecule has 2 unspecified atom stereocenters. The van der Waals surface area contributed by atoms with Crippen LogP contribution in [-0.2, 0) is 4.79 Å². The second kappa shape index (κ2) is 8.90. The van der Waals surface area contributed by atoms with Gasteiger partial charge in [0.25, 0.3) is 5.91 Å². The quantitative estimate of drug-likeness (QED) is 0.636. The van der Waals surface area contributed by atoms with E-state index < -0.39 is 23.3 Å². The number of nitrogens with zero attached hydrogens (tertiary/aromatic N) is 1. The molecule has 2 N–H and O–H groups in total. The third-order valence-electron chi connectivity index (χ3n) is 4.91. The number of carbonyl (C=O) groups excluding carboxylic acids is 1. The molecule has 0 aliphatic heterocycles. The maximum atomic E-state index is 13.0. The highest BCUT2D eigenvalue weighted by Gasteiger charge is 2.42. The summed E-state index contributed by atoms with van der Waals surface area (Å²) in [6, 6.07) is 5.85. The van der Waals surface area contributed by atoms with Crippen LogP contribution in [0, 0.1) is 12.3 Å². The summed E-state index contributed by atoms with van der Waals surface area (Å²) >= 11 is 12.1. The molecule has 0 fully saturated rings. The van der Waals surface area contributed by atoms with Crippen molar-refractivity contribution in [2.75, 3.05) is 0 Å². The summed E-state index contributed by atoms with van der Waals surface area (Å²) < 4.78 is 5.79. The third kappa shape index (κ3) is 4.66. The summed E-state index contributed by atoms with van der Waals surface area (Å²) in [5.41, 5.74) is -0.281. The summed E-state index contributed by atoms with van der Waals surface area (Å²) in [5.74, 6) is -1.12. The highest BCUT2D eigenvalue weighted by molar-refractivity contribution is 6.31. The lowest BCUT2D eigenvalue weighted by atomic mass is 9.75. The monoisotopic (exact) mass is 446 g/mol. The number of allylic oxidation sites excluding steroid dienone is 3. The molecule has 1 aliphatic carbocycles. The summed E-state index contributed by atoms with van der Waals surface area (Å²) in [6.07, 6.45) is 8.41. The van der Waals surface area contributed by atoms with Crippen molar-refractivity contribution in [3.8, 4) is 11.6 Å². The van der Waals surface area contributed by atoms with Gasteiger partial charge in [-0.05, 0) is 50.1 Å². The number of hydrogen-bond acceptors (Lipinski definition) is 4. The van der Waals surface area contributed by atoms with Crippen LogP contribution in [0.2, 0.25) is 10.0 Å². The van der Waals surface area contributed by atoms with Gasteiger partial charge in [-0.3, -0.25) is 9.59 Å². The van der Waals surface area contributed by atoms with Gasteiger partial charge in [-0.2, -0.15) is 0 Å². The summed E-state index contributed by atoms with van der Waals surface area (Å²) in [5, 5.41) is 13.3. The molecule has 30 heavy (non-hydrogen) atoms. The van der Waals surface area contributed by atoms with E-state index in [4.69, 9.17) is 27.9 Å². The standard InChI is InChI=1S/C22H20Cl2N2O4/c1-13-8-15(23)10-17(9-13)30-20-18(11-16(24)12-25-20)19(27)26-14(2)22(21(28)29)6-4-3-5-7-22/h3-6,8-12,14H,7H2,1-2H3,(H,26,27)(H,28,29). The van der Waals surface area contributed by atoms with Crippen LogP contribution in [0.4, 0.5) is 0 Å². The Morgan fingerprint density at radius 1 is 1.20 bits per heavy atom. The number of aliphatic carboxylic acids is 1. The molecule has 0 bridgehead atoms. The predicted molar refractivity (Wildman–Crippen MR) is 115 cm³/mol. The number of benzene rings is 1. The largest absolute Gasteiger partial charge is 0.481 e. The molecule has 1 heterocycles. The molecule has 1 aromatic carbocycles. The van der Waals surface area contributed by atoms with E-state index in [0.29, 0.717) is 10.8 Å². The van der Waals surface area contributed by atoms with Gasteiger partial charge < -0.3 is 15.2 Å². The van der Waals surface area contributed by atoms with Crippen LogP contribution in [0.25, 0.3) is 0 Å². The zero-order chi connectivity index (χ0) is 21.9. The van der Waals surface area contributed by atoms with E-state index in [1.165, 1.54) is 12.3 Å². The fourth-order valence-corrected chi connectivity index (χ4v) is 3.69. The van der Waals surface area contributed by atoms with E-state index in [2.05, 4.69) is 10.3 Å². The number of halogens is 2. The van der Waals surface area contributed by atoms with E-state index in [1.807, 2.05) is 6.92 Å². The van der Waals surface area contributed by atoms with Gasteiger partial charge in [0.1, 0.15) is 16.7 Å². The molecule has 156 valence electrons. The number of pyridine rings is 1. The van der Waals surface area contributed by atoms with Crippen molar-refractivity contribution >= 4 is 35.1 Å². The highest BCUT2D eigenvalue weighted by atomic mass is 35.5. The van der Waals surface area contributed by atoms with E-state index >= 15 is 0 Å². The number of aryl methyl sites for hydroxylation is 1. The first-order valence-electron chi connectivity index (χ1n) is 9.20. The van der Waals surface area contributed by atoms with Gasteiger partial charge >= 0.3 is 5.97 Å². The Kier molecular flexibility index (Phi) is 6.48. The topological polar surface area (TPSA) is 88.5 Å². The first-order chi connectivity index (χ1) is 14.2. The van der Waals surface area contributed by atoms with Crippen LogP contribution in [0.15, 0.2) is 54.8 Å². The predicted octanol–water partition coefficient (Wildman–Crippen LogP) is 5.19. The van der Waals surface area contributed by atoms with E-state index in [0.717, 1.165) is 5.56 Å². The smallest absolute Gasteiger partial charge is 0.315 e. The number of nitrogens with one attached hydrogen (secondary N) is 1. The van der Waals surface area contributed by atoms with Crippen molar-refractivity contribution in [1.29, 1.82) is 0 Å². The maximum Gasteiger partial charge on any atom is 0.315 e.